The maximum absolute atomic E-state index is 12.3. The summed E-state index contributed by atoms with van der Waals surface area (Å²) in [6.45, 7) is 0. The average molecular weight is 288 g/mol. The molecule has 1 aromatic carbocycles. The van der Waals surface area contributed by atoms with E-state index < -0.39 is 0 Å². The maximum atomic E-state index is 12.3. The van der Waals surface area contributed by atoms with Crippen LogP contribution in [0.15, 0.2) is 47.1 Å². The molecule has 0 aliphatic rings. The Morgan fingerprint density at radius 3 is 2.70 bits per heavy atom. The summed E-state index contributed by atoms with van der Waals surface area (Å²) < 4.78 is 10.8. The van der Waals surface area contributed by atoms with Crippen LogP contribution in [0.3, 0.4) is 0 Å². The van der Waals surface area contributed by atoms with Crippen LogP contribution in [0.4, 0.5) is 0 Å². The third-order valence-corrected chi connectivity index (χ3v) is 3.15. The minimum atomic E-state index is -0.207. The van der Waals surface area contributed by atoms with Gasteiger partial charge in [-0.2, -0.15) is 0 Å². The first kappa shape index (κ1) is 12.7. The molecule has 0 fully saturated rings. The zero-order chi connectivity index (χ0) is 14.1. The summed E-state index contributed by atoms with van der Waals surface area (Å²) in [6, 6.07) is 8.31. The molecule has 0 unspecified atom stereocenters. The number of ether oxygens (including phenoxy) is 1. The van der Waals surface area contributed by atoms with Gasteiger partial charge in [0.15, 0.2) is 17.1 Å². The van der Waals surface area contributed by atoms with E-state index in [1.54, 1.807) is 42.7 Å². The number of carbonyl (C=O) groups excluding carboxylic acids is 1. The van der Waals surface area contributed by atoms with E-state index >= 15 is 0 Å². The fourth-order valence-corrected chi connectivity index (χ4v) is 2.21. The molecule has 100 valence electrons. The van der Waals surface area contributed by atoms with E-state index in [2.05, 4.69) is 4.98 Å². The van der Waals surface area contributed by atoms with Gasteiger partial charge in [0, 0.05) is 34.4 Å². The van der Waals surface area contributed by atoms with Gasteiger partial charge in [-0.25, -0.2) is 0 Å². The van der Waals surface area contributed by atoms with E-state index in [0.29, 0.717) is 21.9 Å². The highest BCUT2D eigenvalue weighted by Crippen LogP contribution is 2.32. The Kier molecular flexibility index (Phi) is 3.16. The number of ketones is 1. The van der Waals surface area contributed by atoms with Crippen molar-refractivity contribution in [3.63, 3.8) is 0 Å². The van der Waals surface area contributed by atoms with E-state index in [9.17, 15) is 4.79 Å². The molecule has 0 radical (unpaired) electrons. The molecule has 20 heavy (non-hydrogen) atoms. The third kappa shape index (κ3) is 2.14. The van der Waals surface area contributed by atoms with Gasteiger partial charge in [-0.1, -0.05) is 11.6 Å². The van der Waals surface area contributed by atoms with Gasteiger partial charge in [-0.15, -0.1) is 0 Å². The second-order valence-corrected chi connectivity index (χ2v) is 4.64. The Labute approximate surface area is 119 Å². The van der Waals surface area contributed by atoms with Crippen LogP contribution >= 0.6 is 11.6 Å². The minimum Gasteiger partial charge on any atom is -0.493 e. The number of hydrogen-bond donors (Lipinski definition) is 0. The second-order valence-electron chi connectivity index (χ2n) is 4.20. The molecule has 3 aromatic rings. The molecule has 2 aromatic heterocycles. The molecule has 3 rings (SSSR count). The lowest BCUT2D eigenvalue weighted by Crippen LogP contribution is -1.98. The molecule has 0 N–H and O–H groups in total. The van der Waals surface area contributed by atoms with Gasteiger partial charge in [0.1, 0.15) is 0 Å². The number of carbonyl (C=O) groups is 1. The lowest BCUT2D eigenvalue weighted by atomic mass is 10.1. The van der Waals surface area contributed by atoms with Crippen LogP contribution in [0, 0.1) is 0 Å². The smallest absolute Gasteiger partial charge is 0.228 e. The molecule has 0 aliphatic heterocycles. The van der Waals surface area contributed by atoms with Crippen molar-refractivity contribution in [2.24, 2.45) is 0 Å². The van der Waals surface area contributed by atoms with Gasteiger partial charge in [0.05, 0.1) is 7.11 Å². The number of rotatable bonds is 3. The zero-order valence-corrected chi connectivity index (χ0v) is 11.3. The number of aromatic nitrogens is 1. The molecule has 0 saturated carbocycles. The van der Waals surface area contributed by atoms with E-state index in [0.717, 1.165) is 5.39 Å². The van der Waals surface area contributed by atoms with Crippen LogP contribution in [0.5, 0.6) is 5.75 Å². The van der Waals surface area contributed by atoms with Gasteiger partial charge in [-0.05, 0) is 24.3 Å². The van der Waals surface area contributed by atoms with Crippen molar-refractivity contribution in [1.29, 1.82) is 0 Å². The highest BCUT2D eigenvalue weighted by atomic mass is 35.5. The van der Waals surface area contributed by atoms with Crippen LogP contribution in [-0.4, -0.2) is 17.9 Å². The summed E-state index contributed by atoms with van der Waals surface area (Å²) in [5.74, 6) is 0.537. The summed E-state index contributed by atoms with van der Waals surface area (Å²) >= 11 is 5.99. The Balaban J connectivity index is 2.12. The van der Waals surface area contributed by atoms with Crippen molar-refractivity contribution in [2.45, 2.75) is 0 Å². The van der Waals surface area contributed by atoms with Gasteiger partial charge in [-0.3, -0.25) is 9.78 Å². The molecular weight excluding hydrogens is 278 g/mol. The predicted molar refractivity (Wildman–Crippen MR) is 75.4 cm³/mol. The number of halogens is 1. The molecule has 2 heterocycles. The van der Waals surface area contributed by atoms with Crippen molar-refractivity contribution in [2.75, 3.05) is 7.11 Å². The molecule has 0 amide bonds. The first-order valence-corrected chi connectivity index (χ1v) is 6.28. The summed E-state index contributed by atoms with van der Waals surface area (Å²) in [7, 11) is 1.53. The number of hydrogen-bond acceptors (Lipinski definition) is 4. The van der Waals surface area contributed by atoms with Crippen LogP contribution in [-0.2, 0) is 0 Å². The Hall–Kier alpha value is -2.33. The number of pyridine rings is 1. The zero-order valence-electron chi connectivity index (χ0n) is 10.6. The number of methoxy groups -OCH3 is 1. The summed E-state index contributed by atoms with van der Waals surface area (Å²) in [5.41, 5.74) is 1.03. The molecule has 5 heteroatoms. The summed E-state index contributed by atoms with van der Waals surface area (Å²) in [5, 5.41) is 1.25. The van der Waals surface area contributed by atoms with Crippen molar-refractivity contribution < 1.29 is 13.9 Å². The van der Waals surface area contributed by atoms with Crippen LogP contribution in [0.1, 0.15) is 16.1 Å². The van der Waals surface area contributed by atoms with Gasteiger partial charge in [0.25, 0.3) is 0 Å². The lowest BCUT2D eigenvalue weighted by Gasteiger charge is -2.00. The van der Waals surface area contributed by atoms with Crippen LogP contribution < -0.4 is 4.74 Å². The summed E-state index contributed by atoms with van der Waals surface area (Å²) in [6.07, 6.45) is 3.13. The third-order valence-electron chi connectivity index (χ3n) is 2.93. The first-order valence-electron chi connectivity index (χ1n) is 5.91. The van der Waals surface area contributed by atoms with Crippen molar-refractivity contribution in [3.05, 3.63) is 59.1 Å². The molecule has 4 nitrogen and oxygen atoms in total. The topological polar surface area (TPSA) is 52.3 Å². The van der Waals surface area contributed by atoms with Gasteiger partial charge >= 0.3 is 0 Å². The van der Waals surface area contributed by atoms with Crippen LogP contribution in [0.2, 0.25) is 5.02 Å². The first-order chi connectivity index (χ1) is 9.69. The molecular formula is C15H10ClNO3. The normalized spacial score (nSPS) is 10.7. The van der Waals surface area contributed by atoms with E-state index in [1.165, 1.54) is 7.11 Å². The molecule has 0 atom stereocenters. The molecule has 0 bridgehead atoms. The lowest BCUT2D eigenvalue weighted by molar-refractivity contribution is 0.101. The number of nitrogens with zero attached hydrogens (tertiary/aromatic N) is 1. The van der Waals surface area contributed by atoms with Crippen molar-refractivity contribution in [3.8, 4) is 5.75 Å². The number of fused-ring (bicyclic) bond motifs is 1. The fraction of sp³-hybridized carbons (Fsp3) is 0.0667. The largest absolute Gasteiger partial charge is 0.493 e. The molecule has 0 saturated heterocycles. The van der Waals surface area contributed by atoms with Gasteiger partial charge < -0.3 is 9.15 Å². The quantitative estimate of drug-likeness (QED) is 0.689. The van der Waals surface area contributed by atoms with E-state index in [1.807, 2.05) is 0 Å². The van der Waals surface area contributed by atoms with Crippen LogP contribution in [0.25, 0.3) is 11.0 Å². The Morgan fingerprint density at radius 2 is 2.00 bits per heavy atom. The number of furan rings is 1. The van der Waals surface area contributed by atoms with Crippen molar-refractivity contribution in [1.82, 2.24) is 4.98 Å². The summed E-state index contributed by atoms with van der Waals surface area (Å²) in [4.78, 5) is 16.2. The highest BCUT2D eigenvalue weighted by molar-refractivity contribution is 6.31. The maximum Gasteiger partial charge on any atom is 0.228 e. The second kappa shape index (κ2) is 4.98. The molecule has 0 aliphatic carbocycles. The number of benzene rings is 1. The van der Waals surface area contributed by atoms with E-state index in [4.69, 9.17) is 20.8 Å². The van der Waals surface area contributed by atoms with Crippen molar-refractivity contribution >= 4 is 28.4 Å². The SMILES string of the molecule is COc1cc(Cl)cc2cc(C(=O)c3ccncc3)oc12. The monoisotopic (exact) mass is 287 g/mol. The average Bonchev–Trinajstić information content (AvgIpc) is 2.90. The van der Waals surface area contributed by atoms with Gasteiger partial charge in [0.2, 0.25) is 5.78 Å². The minimum absolute atomic E-state index is 0.207. The highest BCUT2D eigenvalue weighted by Gasteiger charge is 2.17. The van der Waals surface area contributed by atoms with E-state index in [-0.39, 0.29) is 11.5 Å². The molecule has 0 spiro atoms. The fourth-order valence-electron chi connectivity index (χ4n) is 1.99. The predicted octanol–water partition coefficient (Wildman–Crippen LogP) is 3.72. The Bertz CT molecular complexity index is 780. The Morgan fingerprint density at radius 1 is 1.25 bits per heavy atom. The standard InChI is InChI=1S/C15H10ClNO3/c1-19-13-8-11(16)6-10-7-12(20-15(10)13)14(18)9-2-4-17-5-3-9/h2-8H,1H3.